The van der Waals surface area contributed by atoms with E-state index in [1.165, 1.54) is 11.3 Å². The maximum Gasteiger partial charge on any atom is 0.344 e. The van der Waals surface area contributed by atoms with Crippen molar-refractivity contribution in [2.75, 3.05) is 31.5 Å². The van der Waals surface area contributed by atoms with Gasteiger partial charge in [-0.3, -0.25) is 4.79 Å². The summed E-state index contributed by atoms with van der Waals surface area (Å²) in [5.41, 5.74) is -1.55. The number of nitrogens with zero attached hydrogens (tertiary/aromatic N) is 2. The third-order valence-corrected chi connectivity index (χ3v) is 8.05. The average Bonchev–Trinajstić information content (AvgIpc) is 3.30. The Labute approximate surface area is 184 Å². The number of fused-ring (bicyclic) bond motifs is 3. The number of anilines is 1. The van der Waals surface area contributed by atoms with Crippen molar-refractivity contribution in [3.63, 3.8) is 0 Å². The summed E-state index contributed by atoms with van der Waals surface area (Å²) in [6.45, 7) is 4.47. The van der Waals surface area contributed by atoms with Gasteiger partial charge in [-0.2, -0.15) is 0 Å². The number of ether oxygens (including phenoxy) is 1. The molecule has 31 heavy (non-hydrogen) atoms. The predicted octanol–water partition coefficient (Wildman–Crippen LogP) is 2.43. The number of esters is 1. The highest BCUT2D eigenvalue weighted by Crippen LogP contribution is 2.48. The third-order valence-electron chi connectivity index (χ3n) is 7.05. The molecule has 3 saturated heterocycles. The van der Waals surface area contributed by atoms with Crippen LogP contribution in [0.25, 0.3) is 0 Å². The van der Waals surface area contributed by atoms with E-state index >= 15 is 0 Å². The molecule has 1 saturated carbocycles. The van der Waals surface area contributed by atoms with E-state index in [0.717, 1.165) is 38.8 Å². The van der Waals surface area contributed by atoms with Gasteiger partial charge in [0.15, 0.2) is 24.1 Å². The monoisotopic (exact) mass is 446 g/mol. The van der Waals surface area contributed by atoms with Gasteiger partial charge < -0.3 is 24.2 Å². The number of thiophene rings is 1. The first kappa shape index (κ1) is 20.7. The van der Waals surface area contributed by atoms with Crippen LogP contribution >= 0.6 is 11.3 Å². The van der Waals surface area contributed by atoms with Gasteiger partial charge >= 0.3 is 5.97 Å². The molecule has 0 aromatic carbocycles. The predicted molar refractivity (Wildman–Crippen MR) is 113 cm³/mol. The van der Waals surface area contributed by atoms with Crippen LogP contribution in [0.15, 0.2) is 28.1 Å². The molecule has 9 heteroatoms. The number of rotatable bonds is 7. The number of carbonyl (C=O) groups is 2. The second-order valence-corrected chi connectivity index (χ2v) is 10.2. The van der Waals surface area contributed by atoms with Gasteiger partial charge in [0, 0.05) is 35.6 Å². The Kier molecular flexibility index (Phi) is 5.15. The van der Waals surface area contributed by atoms with E-state index in [2.05, 4.69) is 10.5 Å². The van der Waals surface area contributed by atoms with Gasteiger partial charge in [0.25, 0.3) is 5.91 Å². The van der Waals surface area contributed by atoms with Gasteiger partial charge in [-0.05, 0) is 31.2 Å². The van der Waals surface area contributed by atoms with E-state index < -0.39 is 11.6 Å². The maximum atomic E-state index is 13.2. The maximum absolute atomic E-state index is 13.2. The molecule has 1 unspecified atom stereocenters. The van der Waals surface area contributed by atoms with Gasteiger partial charge in [-0.15, -0.1) is 11.3 Å². The molecule has 166 valence electrons. The fourth-order valence-corrected chi connectivity index (χ4v) is 6.07. The van der Waals surface area contributed by atoms with E-state index in [-0.39, 0.29) is 23.8 Å². The molecule has 8 nitrogen and oxygen atoms in total. The van der Waals surface area contributed by atoms with Gasteiger partial charge in [0.05, 0.1) is 13.1 Å². The molecule has 0 spiro atoms. The zero-order chi connectivity index (χ0) is 21.6. The van der Waals surface area contributed by atoms with Gasteiger partial charge in [-0.25, -0.2) is 4.79 Å². The smallest absolute Gasteiger partial charge is 0.344 e. The molecule has 6 rings (SSSR count). The van der Waals surface area contributed by atoms with Crippen LogP contribution in [0, 0.1) is 18.8 Å². The fourth-order valence-electron chi connectivity index (χ4n) is 5.18. The average molecular weight is 447 g/mol. The molecule has 5 heterocycles. The Morgan fingerprint density at radius 2 is 2.13 bits per heavy atom. The fraction of sp³-hybridized carbons (Fsp3) is 0.591. The van der Waals surface area contributed by atoms with Crippen LogP contribution in [0.5, 0.6) is 0 Å². The summed E-state index contributed by atoms with van der Waals surface area (Å²) in [4.78, 5) is 26.5. The molecule has 4 aliphatic rings. The van der Waals surface area contributed by atoms with Crippen molar-refractivity contribution in [2.45, 2.75) is 44.3 Å². The molecule has 2 bridgehead atoms. The van der Waals surface area contributed by atoms with E-state index in [0.29, 0.717) is 34.0 Å². The van der Waals surface area contributed by atoms with E-state index in [1.807, 2.05) is 17.5 Å². The third kappa shape index (κ3) is 3.90. The number of aromatic nitrogens is 1. The van der Waals surface area contributed by atoms with E-state index in [1.54, 1.807) is 13.0 Å². The topological polar surface area (TPSA) is 102 Å². The lowest BCUT2D eigenvalue weighted by Crippen LogP contribution is -2.66. The molecule has 1 amide bonds. The van der Waals surface area contributed by atoms with Crippen molar-refractivity contribution in [1.29, 1.82) is 0 Å². The number of carbonyl (C=O) groups excluding carboxylic acids is 2. The first-order valence-corrected chi connectivity index (χ1v) is 11.8. The Morgan fingerprint density at radius 3 is 2.74 bits per heavy atom. The Morgan fingerprint density at radius 1 is 1.35 bits per heavy atom. The Bertz CT molecular complexity index is 962. The minimum absolute atomic E-state index is 0.0698. The molecule has 4 fully saturated rings. The molecule has 2 N–H and O–H groups in total. The summed E-state index contributed by atoms with van der Waals surface area (Å²) >= 11 is 1.39. The SMILES string of the molecule is Cc1cc(NC(=O)C[N+]23CCC(CC2)C(OC(=O)[C@@](O)(c2cccs2)C2CC2)C3)no1. The van der Waals surface area contributed by atoms with Crippen LogP contribution in [0.3, 0.4) is 0 Å². The summed E-state index contributed by atoms with van der Waals surface area (Å²) in [6.07, 6.45) is 3.21. The Hall–Kier alpha value is -2.23. The van der Waals surface area contributed by atoms with Crippen LogP contribution in [0.2, 0.25) is 0 Å². The summed E-state index contributed by atoms with van der Waals surface area (Å²) in [5.74, 6) is 0.628. The quantitative estimate of drug-likeness (QED) is 0.500. The minimum atomic E-state index is -1.55. The highest BCUT2D eigenvalue weighted by Gasteiger charge is 2.55. The zero-order valence-electron chi connectivity index (χ0n) is 17.6. The van der Waals surface area contributed by atoms with Crippen molar-refractivity contribution in [2.24, 2.45) is 11.8 Å². The molecule has 2 atom stereocenters. The number of hydrogen-bond acceptors (Lipinski definition) is 7. The normalized spacial score (nSPS) is 29.4. The largest absolute Gasteiger partial charge is 0.454 e. The molecule has 1 aliphatic carbocycles. The van der Waals surface area contributed by atoms with Crippen LogP contribution in [0.4, 0.5) is 5.82 Å². The molecule has 2 aromatic heterocycles. The molecule has 0 radical (unpaired) electrons. The van der Waals surface area contributed by atoms with E-state index in [9.17, 15) is 14.7 Å². The molecule has 2 aromatic rings. The number of amides is 1. The van der Waals surface area contributed by atoms with Crippen molar-refractivity contribution >= 4 is 29.0 Å². The lowest BCUT2D eigenvalue weighted by atomic mass is 9.83. The second kappa shape index (κ2) is 7.72. The lowest BCUT2D eigenvalue weighted by molar-refractivity contribution is -0.939. The van der Waals surface area contributed by atoms with Gasteiger partial charge in [0.1, 0.15) is 12.3 Å². The van der Waals surface area contributed by atoms with Crippen molar-refractivity contribution in [3.05, 3.63) is 34.2 Å². The Balaban J connectivity index is 1.27. The summed E-state index contributed by atoms with van der Waals surface area (Å²) in [5, 5.41) is 19.8. The number of aliphatic hydroxyl groups is 1. The van der Waals surface area contributed by atoms with Crippen LogP contribution in [0.1, 0.15) is 36.3 Å². The van der Waals surface area contributed by atoms with Crippen LogP contribution in [-0.2, 0) is 19.9 Å². The summed E-state index contributed by atoms with van der Waals surface area (Å²) in [6, 6.07) is 5.35. The van der Waals surface area contributed by atoms with Gasteiger partial charge in [-0.1, -0.05) is 11.2 Å². The number of piperidine rings is 3. The number of quaternary nitrogens is 1. The number of nitrogens with one attached hydrogen (secondary N) is 1. The van der Waals surface area contributed by atoms with Crippen LogP contribution < -0.4 is 5.32 Å². The number of aryl methyl sites for hydroxylation is 1. The number of hydrogen-bond donors (Lipinski definition) is 2. The first-order valence-electron chi connectivity index (χ1n) is 10.9. The highest BCUT2D eigenvalue weighted by atomic mass is 32.1. The van der Waals surface area contributed by atoms with E-state index in [4.69, 9.17) is 9.26 Å². The highest BCUT2D eigenvalue weighted by molar-refractivity contribution is 7.10. The minimum Gasteiger partial charge on any atom is -0.454 e. The summed E-state index contributed by atoms with van der Waals surface area (Å²) < 4.78 is 11.6. The second-order valence-electron chi connectivity index (χ2n) is 9.30. The van der Waals surface area contributed by atoms with Crippen molar-refractivity contribution in [1.82, 2.24) is 5.16 Å². The molecular weight excluding hydrogens is 418 g/mol. The molecular formula is C22H28N3O5S+. The van der Waals surface area contributed by atoms with Crippen molar-refractivity contribution in [3.8, 4) is 0 Å². The first-order chi connectivity index (χ1) is 14.9. The van der Waals surface area contributed by atoms with Gasteiger partial charge in [0.2, 0.25) is 0 Å². The van der Waals surface area contributed by atoms with Crippen LogP contribution in [-0.4, -0.2) is 58.9 Å². The lowest BCUT2D eigenvalue weighted by Gasteiger charge is -2.51. The van der Waals surface area contributed by atoms with Crippen molar-refractivity contribution < 1.29 is 28.4 Å². The standard InChI is InChI=1S/C22H27N3O5S/c1-14-11-19(24-30-14)23-20(26)13-25-8-6-15(7-9-25)17(12-25)29-21(27)22(28,16-4-5-16)18-3-2-10-31-18/h2-3,10-11,15-17,28H,4-9,12-13H2,1H3/p+1/t15?,17?,22-,25?/m0/s1. The molecule has 3 aliphatic heterocycles. The zero-order valence-corrected chi connectivity index (χ0v) is 18.4. The summed E-state index contributed by atoms with van der Waals surface area (Å²) in [7, 11) is 0.